The number of carbonyl (C=O) groups excluding carboxylic acids is 3. The van der Waals surface area contributed by atoms with Gasteiger partial charge in [-0.1, -0.05) is 18.2 Å². The van der Waals surface area contributed by atoms with E-state index in [0.717, 1.165) is 37.2 Å². The molecular formula is C31H32BrN5O4. The summed E-state index contributed by atoms with van der Waals surface area (Å²) in [6, 6.07) is 17.4. The minimum absolute atomic E-state index is 0.0322. The zero-order valence-corrected chi connectivity index (χ0v) is 24.2. The molecule has 41 heavy (non-hydrogen) atoms. The van der Waals surface area contributed by atoms with Crippen LogP contribution in [0, 0.1) is 5.92 Å². The van der Waals surface area contributed by atoms with Crippen molar-refractivity contribution >= 4 is 45.0 Å². The van der Waals surface area contributed by atoms with Gasteiger partial charge in [-0.3, -0.25) is 19.2 Å². The maximum atomic E-state index is 13.4. The summed E-state index contributed by atoms with van der Waals surface area (Å²) in [5.74, 6) is -0.369. The lowest BCUT2D eigenvalue weighted by molar-refractivity contribution is -0.122. The van der Waals surface area contributed by atoms with Crippen LogP contribution in [0.15, 0.2) is 69.9 Å². The molecule has 2 bridgehead atoms. The van der Waals surface area contributed by atoms with Crippen molar-refractivity contribution in [1.29, 1.82) is 0 Å². The van der Waals surface area contributed by atoms with Crippen LogP contribution in [0.2, 0.25) is 0 Å². The molecule has 3 aromatic rings. The van der Waals surface area contributed by atoms with Crippen LogP contribution in [0.1, 0.15) is 58.0 Å². The number of anilines is 2. The molecule has 212 valence electrons. The number of fused-ring (bicyclic) bond motifs is 4. The van der Waals surface area contributed by atoms with Gasteiger partial charge in [0, 0.05) is 53.9 Å². The second kappa shape index (κ2) is 11.5. The van der Waals surface area contributed by atoms with Crippen molar-refractivity contribution in [1.82, 2.24) is 15.2 Å². The van der Waals surface area contributed by atoms with Gasteiger partial charge in [0.15, 0.2) is 0 Å². The fraction of sp³-hybridized carbons (Fsp3) is 0.355. The van der Waals surface area contributed by atoms with E-state index in [1.54, 1.807) is 30.3 Å². The Balaban J connectivity index is 1.31. The number of rotatable bonds is 5. The summed E-state index contributed by atoms with van der Waals surface area (Å²) in [4.78, 5) is 53.9. The molecule has 2 saturated heterocycles. The normalized spacial score (nSPS) is 21.7. The zero-order valence-electron chi connectivity index (χ0n) is 22.6. The van der Waals surface area contributed by atoms with Gasteiger partial charge in [-0.15, -0.1) is 0 Å². The Morgan fingerprint density at radius 2 is 1.78 bits per heavy atom. The standard InChI is InChI=1S/C31H32BrN5O4/c32-23-7-2-1-6-22(23)30(40)35-25-15-20(29(39)34-24-8-3-4-13-33-31(24)41)11-12-27(25)36-16-19-14-21(18-36)26-9-5-10-28(38)37(26)17-19/h1-2,5-7,9-12,15,19,21,24H,3-4,8,13-14,16-18H2,(H,33,41)(H,34,39)(H,35,40). The molecule has 0 saturated carbocycles. The van der Waals surface area contributed by atoms with Crippen LogP contribution in [0.5, 0.6) is 0 Å². The number of halogens is 1. The molecule has 1 aromatic heterocycles. The van der Waals surface area contributed by atoms with Gasteiger partial charge in [-0.2, -0.15) is 0 Å². The smallest absolute Gasteiger partial charge is 0.256 e. The molecule has 3 unspecified atom stereocenters. The lowest BCUT2D eigenvalue weighted by atomic mass is 9.83. The molecule has 0 aliphatic carbocycles. The molecule has 4 heterocycles. The molecule has 3 aliphatic heterocycles. The third-order valence-electron chi connectivity index (χ3n) is 8.29. The van der Waals surface area contributed by atoms with Gasteiger partial charge in [-0.25, -0.2) is 0 Å². The van der Waals surface area contributed by atoms with Crippen LogP contribution in [0.25, 0.3) is 0 Å². The van der Waals surface area contributed by atoms with Gasteiger partial charge in [0.2, 0.25) is 5.91 Å². The highest BCUT2D eigenvalue weighted by molar-refractivity contribution is 9.10. The van der Waals surface area contributed by atoms with E-state index in [0.29, 0.717) is 47.3 Å². The molecule has 0 spiro atoms. The summed E-state index contributed by atoms with van der Waals surface area (Å²) in [5, 5.41) is 8.78. The van der Waals surface area contributed by atoms with Crippen molar-refractivity contribution in [2.45, 2.75) is 44.2 Å². The van der Waals surface area contributed by atoms with Crippen LogP contribution < -0.4 is 26.4 Å². The summed E-state index contributed by atoms with van der Waals surface area (Å²) in [7, 11) is 0. The number of amides is 3. The Morgan fingerprint density at radius 3 is 2.63 bits per heavy atom. The first-order chi connectivity index (χ1) is 19.9. The van der Waals surface area contributed by atoms with Crippen LogP contribution in [-0.4, -0.2) is 48.0 Å². The van der Waals surface area contributed by atoms with Crippen molar-refractivity contribution in [2.24, 2.45) is 5.92 Å². The Bertz CT molecular complexity index is 1570. The van der Waals surface area contributed by atoms with Crippen molar-refractivity contribution in [3.63, 3.8) is 0 Å². The predicted octanol–water partition coefficient (Wildman–Crippen LogP) is 3.89. The maximum absolute atomic E-state index is 13.4. The molecule has 3 atom stereocenters. The number of hydrogen-bond donors (Lipinski definition) is 3. The third kappa shape index (κ3) is 5.66. The number of pyridine rings is 1. The van der Waals surface area contributed by atoms with Crippen molar-refractivity contribution < 1.29 is 14.4 Å². The lowest BCUT2D eigenvalue weighted by Gasteiger charge is -2.44. The van der Waals surface area contributed by atoms with Crippen LogP contribution in [0.4, 0.5) is 11.4 Å². The lowest BCUT2D eigenvalue weighted by Crippen LogP contribution is -2.47. The average Bonchev–Trinajstić information content (AvgIpc) is 3.17. The molecule has 10 heteroatoms. The molecular weight excluding hydrogens is 586 g/mol. The summed E-state index contributed by atoms with van der Waals surface area (Å²) in [6.45, 7) is 2.68. The summed E-state index contributed by atoms with van der Waals surface area (Å²) < 4.78 is 2.56. The first-order valence-electron chi connectivity index (χ1n) is 14.1. The molecule has 0 radical (unpaired) electrons. The zero-order chi connectivity index (χ0) is 28.5. The van der Waals surface area contributed by atoms with Crippen LogP contribution in [0.3, 0.4) is 0 Å². The Kier molecular flexibility index (Phi) is 7.66. The van der Waals surface area contributed by atoms with Crippen LogP contribution in [-0.2, 0) is 11.3 Å². The van der Waals surface area contributed by atoms with E-state index in [4.69, 9.17) is 0 Å². The van der Waals surface area contributed by atoms with E-state index in [9.17, 15) is 19.2 Å². The largest absolute Gasteiger partial charge is 0.369 e. The van der Waals surface area contributed by atoms with Crippen molar-refractivity contribution in [3.05, 3.63) is 92.3 Å². The minimum atomic E-state index is -0.590. The second-order valence-corrected chi connectivity index (χ2v) is 11.9. The number of piperidine rings is 1. The molecule has 2 fully saturated rings. The molecule has 3 amide bonds. The first kappa shape index (κ1) is 27.3. The van der Waals surface area contributed by atoms with Gasteiger partial charge < -0.3 is 25.4 Å². The van der Waals surface area contributed by atoms with E-state index in [-0.39, 0.29) is 35.1 Å². The van der Waals surface area contributed by atoms with Gasteiger partial charge in [0.25, 0.3) is 17.4 Å². The van der Waals surface area contributed by atoms with E-state index in [2.05, 4.69) is 36.8 Å². The van der Waals surface area contributed by atoms with E-state index < -0.39 is 6.04 Å². The first-order valence-corrected chi connectivity index (χ1v) is 14.9. The fourth-order valence-electron chi connectivity index (χ4n) is 6.30. The third-order valence-corrected chi connectivity index (χ3v) is 8.98. The molecule has 9 nitrogen and oxygen atoms in total. The number of nitrogens with one attached hydrogen (secondary N) is 3. The maximum Gasteiger partial charge on any atom is 0.256 e. The Hall–Kier alpha value is -3.92. The van der Waals surface area contributed by atoms with Crippen molar-refractivity contribution in [3.8, 4) is 0 Å². The van der Waals surface area contributed by atoms with E-state index in [1.165, 1.54) is 0 Å². The highest BCUT2D eigenvalue weighted by Crippen LogP contribution is 2.39. The number of carbonyl (C=O) groups is 3. The summed E-state index contributed by atoms with van der Waals surface area (Å²) in [6.07, 6.45) is 3.32. The average molecular weight is 619 g/mol. The quantitative estimate of drug-likeness (QED) is 0.402. The van der Waals surface area contributed by atoms with E-state index in [1.807, 2.05) is 34.9 Å². The Morgan fingerprint density at radius 1 is 0.927 bits per heavy atom. The van der Waals surface area contributed by atoms with Gasteiger partial charge in [-0.05, 0) is 83.9 Å². The number of nitrogens with zero attached hydrogens (tertiary/aromatic N) is 2. The molecule has 2 aromatic carbocycles. The van der Waals surface area contributed by atoms with Crippen LogP contribution >= 0.6 is 15.9 Å². The van der Waals surface area contributed by atoms with Gasteiger partial charge in [0.05, 0.1) is 16.9 Å². The van der Waals surface area contributed by atoms with Crippen molar-refractivity contribution in [2.75, 3.05) is 29.9 Å². The highest BCUT2D eigenvalue weighted by Gasteiger charge is 2.35. The fourth-order valence-corrected chi connectivity index (χ4v) is 6.76. The van der Waals surface area contributed by atoms with Gasteiger partial charge >= 0.3 is 0 Å². The highest BCUT2D eigenvalue weighted by atomic mass is 79.9. The minimum Gasteiger partial charge on any atom is -0.369 e. The predicted molar refractivity (Wildman–Crippen MR) is 160 cm³/mol. The SMILES string of the molecule is O=C(NC1CCCCNC1=O)c1ccc(N2CC3CC(C2)c2cccc(=O)n2C3)c(NC(=O)c2ccccc2Br)c1. The number of aromatic nitrogens is 1. The topological polar surface area (TPSA) is 113 Å². The van der Waals surface area contributed by atoms with Gasteiger partial charge in [0.1, 0.15) is 6.04 Å². The Labute approximate surface area is 246 Å². The molecule has 3 aliphatic rings. The monoisotopic (exact) mass is 617 g/mol. The summed E-state index contributed by atoms with van der Waals surface area (Å²) >= 11 is 3.46. The number of benzene rings is 2. The molecule has 6 rings (SSSR count). The second-order valence-electron chi connectivity index (χ2n) is 11.1. The summed E-state index contributed by atoms with van der Waals surface area (Å²) in [5.41, 5.74) is 3.25. The van der Waals surface area contributed by atoms with E-state index >= 15 is 0 Å². The number of hydrogen-bond acceptors (Lipinski definition) is 5. The molecule has 3 N–H and O–H groups in total.